The average Bonchev–Trinajstić information content (AvgIpc) is 3.00. The molecule has 2 heterocycles. The first-order chi connectivity index (χ1) is 19.7. The third kappa shape index (κ3) is 5.10. The maximum absolute atomic E-state index is 14.5. The highest BCUT2D eigenvalue weighted by molar-refractivity contribution is 6.12. The number of fused-ring (bicyclic) bond motifs is 2. The van der Waals surface area contributed by atoms with Crippen LogP contribution in [0.15, 0.2) is 115 Å². The zero-order chi connectivity index (χ0) is 27.3. The van der Waals surface area contributed by atoms with Crippen molar-refractivity contribution in [3.05, 3.63) is 132 Å². The SMILES string of the molecule is O=C1c2cc(F)ccc2C(COc2ccccc2)C(C#CCOc2ccccc2)N1c1cccc2cccnc12. The van der Waals surface area contributed by atoms with Gasteiger partial charge in [0.15, 0.2) is 0 Å². The fourth-order valence-electron chi connectivity index (χ4n) is 5.02. The smallest absolute Gasteiger partial charge is 0.259 e. The third-order valence-corrected chi connectivity index (χ3v) is 6.87. The van der Waals surface area contributed by atoms with Crippen molar-refractivity contribution in [2.24, 2.45) is 0 Å². The Bertz CT molecular complexity index is 1710. The predicted octanol–water partition coefficient (Wildman–Crippen LogP) is 6.65. The fraction of sp³-hybridized carbons (Fsp3) is 0.118. The molecule has 0 saturated heterocycles. The Morgan fingerprint density at radius 3 is 2.33 bits per heavy atom. The average molecular weight is 529 g/mol. The first-order valence-electron chi connectivity index (χ1n) is 13.0. The van der Waals surface area contributed by atoms with E-state index in [1.54, 1.807) is 17.2 Å². The number of carbonyl (C=O) groups is 1. The van der Waals surface area contributed by atoms with E-state index in [1.165, 1.54) is 12.1 Å². The van der Waals surface area contributed by atoms with Crippen LogP contribution in [-0.2, 0) is 0 Å². The molecular weight excluding hydrogens is 503 g/mol. The van der Waals surface area contributed by atoms with Gasteiger partial charge in [-0.05, 0) is 54.1 Å². The molecule has 0 saturated carbocycles. The van der Waals surface area contributed by atoms with Crippen molar-refractivity contribution < 1.29 is 18.7 Å². The lowest BCUT2D eigenvalue weighted by molar-refractivity contribution is 0.0962. The number of para-hydroxylation sites is 3. The van der Waals surface area contributed by atoms with Crippen LogP contribution in [0.2, 0.25) is 0 Å². The van der Waals surface area contributed by atoms with Crippen molar-refractivity contribution in [2.45, 2.75) is 12.0 Å². The number of hydrogen-bond acceptors (Lipinski definition) is 4. The molecule has 0 radical (unpaired) electrons. The zero-order valence-corrected chi connectivity index (χ0v) is 21.5. The lowest BCUT2D eigenvalue weighted by Gasteiger charge is -2.39. The van der Waals surface area contributed by atoms with Crippen LogP contribution < -0.4 is 14.4 Å². The lowest BCUT2D eigenvalue weighted by atomic mass is 9.83. The Labute approximate surface area is 231 Å². The summed E-state index contributed by atoms with van der Waals surface area (Å²) < 4.78 is 26.5. The van der Waals surface area contributed by atoms with Gasteiger partial charge in [0.1, 0.15) is 30.0 Å². The predicted molar refractivity (Wildman–Crippen MR) is 153 cm³/mol. The summed E-state index contributed by atoms with van der Waals surface area (Å²) in [5, 5.41) is 0.883. The molecule has 0 spiro atoms. The molecule has 6 heteroatoms. The second-order valence-electron chi connectivity index (χ2n) is 9.36. The van der Waals surface area contributed by atoms with Crippen molar-refractivity contribution in [1.82, 2.24) is 4.98 Å². The summed E-state index contributed by atoms with van der Waals surface area (Å²) in [6.45, 7) is 0.363. The van der Waals surface area contributed by atoms with Gasteiger partial charge in [0.2, 0.25) is 0 Å². The van der Waals surface area contributed by atoms with Gasteiger partial charge in [-0.2, -0.15) is 0 Å². The van der Waals surface area contributed by atoms with Crippen LogP contribution in [0, 0.1) is 17.7 Å². The molecule has 2 atom stereocenters. The van der Waals surface area contributed by atoms with Crippen LogP contribution in [0.4, 0.5) is 10.1 Å². The monoisotopic (exact) mass is 528 g/mol. The number of hydrogen-bond donors (Lipinski definition) is 0. The normalized spacial score (nSPS) is 16.1. The van der Waals surface area contributed by atoms with Crippen LogP contribution >= 0.6 is 0 Å². The van der Waals surface area contributed by atoms with Gasteiger partial charge in [0, 0.05) is 17.1 Å². The molecule has 1 aliphatic heterocycles. The molecule has 196 valence electrons. The summed E-state index contributed by atoms with van der Waals surface area (Å²) in [6, 6.07) is 32.1. The minimum Gasteiger partial charge on any atom is -0.493 e. The number of ether oxygens (including phenoxy) is 2. The second-order valence-corrected chi connectivity index (χ2v) is 9.36. The summed E-state index contributed by atoms with van der Waals surface area (Å²) in [4.78, 5) is 20.3. The number of benzene rings is 4. The number of pyridine rings is 1. The number of aromatic nitrogens is 1. The number of carbonyl (C=O) groups excluding carboxylic acids is 1. The molecule has 1 aromatic heterocycles. The number of nitrogens with zero attached hydrogens (tertiary/aromatic N) is 2. The number of halogens is 1. The van der Waals surface area contributed by atoms with E-state index < -0.39 is 11.9 Å². The van der Waals surface area contributed by atoms with Gasteiger partial charge in [-0.25, -0.2) is 4.39 Å². The van der Waals surface area contributed by atoms with E-state index in [2.05, 4.69) is 16.8 Å². The van der Waals surface area contributed by atoms with Gasteiger partial charge >= 0.3 is 0 Å². The van der Waals surface area contributed by atoms with E-state index >= 15 is 0 Å². The molecule has 6 rings (SSSR count). The number of rotatable bonds is 6. The third-order valence-electron chi connectivity index (χ3n) is 6.87. The zero-order valence-electron chi connectivity index (χ0n) is 21.5. The van der Waals surface area contributed by atoms with E-state index in [9.17, 15) is 9.18 Å². The minimum absolute atomic E-state index is 0.138. The lowest BCUT2D eigenvalue weighted by Crippen LogP contribution is -2.49. The van der Waals surface area contributed by atoms with E-state index in [1.807, 2.05) is 91.0 Å². The molecule has 1 amide bonds. The van der Waals surface area contributed by atoms with Gasteiger partial charge in [-0.15, -0.1) is 0 Å². The maximum Gasteiger partial charge on any atom is 0.259 e. The molecular formula is C34H25FN2O3. The van der Waals surface area contributed by atoms with Gasteiger partial charge in [0.25, 0.3) is 5.91 Å². The Balaban J connectivity index is 1.45. The molecule has 4 aromatic carbocycles. The Kier molecular flexibility index (Phi) is 7.11. The molecule has 1 aliphatic rings. The van der Waals surface area contributed by atoms with E-state index in [-0.39, 0.29) is 30.6 Å². The summed E-state index contributed by atoms with van der Waals surface area (Å²) in [6.07, 6.45) is 1.69. The summed E-state index contributed by atoms with van der Waals surface area (Å²) >= 11 is 0. The van der Waals surface area contributed by atoms with Crippen LogP contribution in [0.5, 0.6) is 11.5 Å². The molecule has 0 fully saturated rings. The summed E-state index contributed by atoms with van der Waals surface area (Å²) in [7, 11) is 0. The number of amides is 1. The maximum atomic E-state index is 14.5. The topological polar surface area (TPSA) is 51.7 Å². The minimum atomic E-state index is -0.624. The Morgan fingerprint density at radius 2 is 1.55 bits per heavy atom. The molecule has 2 unspecified atom stereocenters. The number of anilines is 1. The van der Waals surface area contributed by atoms with Crippen molar-refractivity contribution >= 4 is 22.5 Å². The van der Waals surface area contributed by atoms with Crippen molar-refractivity contribution in [2.75, 3.05) is 18.1 Å². The fourth-order valence-corrected chi connectivity index (χ4v) is 5.02. The largest absolute Gasteiger partial charge is 0.493 e. The summed E-state index contributed by atoms with van der Waals surface area (Å²) in [5.41, 5.74) is 2.24. The molecule has 0 N–H and O–H groups in total. The first-order valence-corrected chi connectivity index (χ1v) is 13.0. The Morgan fingerprint density at radius 1 is 0.825 bits per heavy atom. The Hall–Kier alpha value is -5.15. The van der Waals surface area contributed by atoms with Crippen LogP contribution in [0.3, 0.4) is 0 Å². The highest BCUT2D eigenvalue weighted by Gasteiger charge is 2.41. The van der Waals surface area contributed by atoms with E-state index in [0.717, 1.165) is 5.39 Å². The van der Waals surface area contributed by atoms with Gasteiger partial charge in [0.05, 0.1) is 23.7 Å². The summed E-state index contributed by atoms with van der Waals surface area (Å²) in [5.74, 6) is 6.63. The molecule has 0 aliphatic carbocycles. The van der Waals surface area contributed by atoms with Gasteiger partial charge in [-0.1, -0.05) is 72.5 Å². The molecule has 5 aromatic rings. The van der Waals surface area contributed by atoms with Crippen molar-refractivity contribution in [1.29, 1.82) is 0 Å². The van der Waals surface area contributed by atoms with E-state index in [4.69, 9.17) is 9.47 Å². The first kappa shape index (κ1) is 25.1. The molecule has 40 heavy (non-hydrogen) atoms. The molecule has 5 nitrogen and oxygen atoms in total. The van der Waals surface area contributed by atoms with Gasteiger partial charge < -0.3 is 9.47 Å². The van der Waals surface area contributed by atoms with Crippen LogP contribution in [0.1, 0.15) is 21.8 Å². The standard InChI is InChI=1S/C34H25FN2O3/c35-25-18-19-28-29(22-25)34(38)37(32-16-7-10-24-11-8-20-36-33(24)32)31(17-9-21-39-26-12-3-1-4-13-26)30(28)23-40-27-14-5-2-6-15-27/h1-8,10-16,18-20,22,30-31H,21,23H2. The van der Waals surface area contributed by atoms with Crippen LogP contribution in [0.25, 0.3) is 10.9 Å². The van der Waals surface area contributed by atoms with Crippen LogP contribution in [-0.4, -0.2) is 30.1 Å². The van der Waals surface area contributed by atoms with Crippen molar-refractivity contribution in [3.8, 4) is 23.3 Å². The van der Waals surface area contributed by atoms with Crippen molar-refractivity contribution in [3.63, 3.8) is 0 Å². The second kappa shape index (κ2) is 11.3. The molecule has 0 bridgehead atoms. The highest BCUT2D eigenvalue weighted by atomic mass is 19.1. The van der Waals surface area contributed by atoms with E-state index in [0.29, 0.717) is 28.3 Å². The highest BCUT2D eigenvalue weighted by Crippen LogP contribution is 2.39. The quantitative estimate of drug-likeness (QED) is 0.232. The van der Waals surface area contributed by atoms with Gasteiger partial charge in [-0.3, -0.25) is 14.7 Å².